The molecule has 0 saturated carbocycles. The maximum atomic E-state index is 3.36. The fraction of sp³-hybridized carbons (Fsp3) is 0.176. The topological polar surface area (TPSA) is 31.6 Å². The Kier molecular flexibility index (Phi) is 2.79. The van der Waals surface area contributed by atoms with Crippen molar-refractivity contribution in [2.45, 2.75) is 19.3 Å². The SMILES string of the molecule is Cc1ccc(C(C)(c2ccc[nH]2)c2ccc[nH]2)cc1. The Morgan fingerprint density at radius 3 is 1.74 bits per heavy atom. The summed E-state index contributed by atoms with van der Waals surface area (Å²) in [5.74, 6) is 0. The van der Waals surface area contributed by atoms with Crippen molar-refractivity contribution in [1.82, 2.24) is 9.97 Å². The lowest BCUT2D eigenvalue weighted by Crippen LogP contribution is -2.26. The summed E-state index contributed by atoms with van der Waals surface area (Å²) >= 11 is 0. The Hall–Kier alpha value is -2.22. The quantitative estimate of drug-likeness (QED) is 0.704. The first-order valence-electron chi connectivity index (χ1n) is 6.56. The number of aromatic amines is 2. The van der Waals surface area contributed by atoms with Gasteiger partial charge in [0.05, 0.1) is 5.41 Å². The van der Waals surface area contributed by atoms with E-state index in [1.54, 1.807) is 0 Å². The van der Waals surface area contributed by atoms with Crippen LogP contribution in [0.25, 0.3) is 0 Å². The van der Waals surface area contributed by atoms with Crippen LogP contribution in [-0.4, -0.2) is 9.97 Å². The second-order valence-electron chi connectivity index (χ2n) is 5.16. The predicted molar refractivity (Wildman–Crippen MR) is 78.3 cm³/mol. The summed E-state index contributed by atoms with van der Waals surface area (Å²) in [5, 5.41) is 0. The number of nitrogens with one attached hydrogen (secondary N) is 2. The first kappa shape index (κ1) is 11.8. The van der Waals surface area contributed by atoms with Crippen LogP contribution < -0.4 is 0 Å². The normalized spacial score (nSPS) is 11.7. The molecule has 0 aliphatic heterocycles. The van der Waals surface area contributed by atoms with Gasteiger partial charge in [-0.05, 0) is 43.7 Å². The summed E-state index contributed by atoms with van der Waals surface area (Å²) in [6, 6.07) is 17.1. The van der Waals surface area contributed by atoms with Gasteiger partial charge in [0.1, 0.15) is 0 Å². The molecule has 19 heavy (non-hydrogen) atoms. The lowest BCUT2D eigenvalue weighted by molar-refractivity contribution is 0.650. The van der Waals surface area contributed by atoms with Crippen molar-refractivity contribution in [3.8, 4) is 0 Å². The molecule has 0 radical (unpaired) electrons. The molecule has 0 spiro atoms. The van der Waals surface area contributed by atoms with Crippen LogP contribution in [-0.2, 0) is 5.41 Å². The van der Waals surface area contributed by atoms with Crippen molar-refractivity contribution in [1.29, 1.82) is 0 Å². The lowest BCUT2D eigenvalue weighted by Gasteiger charge is -2.29. The molecule has 2 N–H and O–H groups in total. The van der Waals surface area contributed by atoms with Crippen molar-refractivity contribution < 1.29 is 0 Å². The second-order valence-corrected chi connectivity index (χ2v) is 5.16. The number of aromatic nitrogens is 2. The molecule has 2 heteroatoms. The smallest absolute Gasteiger partial charge is 0.0723 e. The van der Waals surface area contributed by atoms with Crippen LogP contribution in [0.3, 0.4) is 0 Å². The first-order valence-corrected chi connectivity index (χ1v) is 6.56. The van der Waals surface area contributed by atoms with E-state index in [0.717, 1.165) is 0 Å². The van der Waals surface area contributed by atoms with Crippen molar-refractivity contribution in [2.75, 3.05) is 0 Å². The minimum absolute atomic E-state index is 0.180. The molecule has 0 atom stereocenters. The monoisotopic (exact) mass is 250 g/mol. The fourth-order valence-corrected chi connectivity index (χ4v) is 2.63. The standard InChI is InChI=1S/C17H18N2/c1-13-7-9-14(10-8-13)17(2,15-5-3-11-18-15)16-6-4-12-19-16/h3-12,18-19H,1-2H3. The maximum absolute atomic E-state index is 3.36. The van der Waals surface area contributed by atoms with E-state index in [1.807, 2.05) is 24.5 Å². The van der Waals surface area contributed by atoms with Gasteiger partial charge in [-0.3, -0.25) is 0 Å². The molecule has 0 aliphatic rings. The lowest BCUT2D eigenvalue weighted by atomic mass is 9.76. The van der Waals surface area contributed by atoms with Gasteiger partial charge in [0.25, 0.3) is 0 Å². The number of benzene rings is 1. The number of aryl methyl sites for hydroxylation is 1. The first-order chi connectivity index (χ1) is 9.21. The molecule has 0 bridgehead atoms. The zero-order valence-electron chi connectivity index (χ0n) is 11.3. The molecule has 2 aromatic heterocycles. The van der Waals surface area contributed by atoms with Gasteiger partial charge in [0.2, 0.25) is 0 Å². The average molecular weight is 250 g/mol. The van der Waals surface area contributed by atoms with E-state index >= 15 is 0 Å². The molecule has 0 aliphatic carbocycles. The van der Waals surface area contributed by atoms with E-state index in [1.165, 1.54) is 22.5 Å². The molecule has 2 nitrogen and oxygen atoms in total. The van der Waals surface area contributed by atoms with Crippen LogP contribution in [0.4, 0.5) is 0 Å². The van der Waals surface area contributed by atoms with Crippen LogP contribution in [0.2, 0.25) is 0 Å². The van der Waals surface area contributed by atoms with Gasteiger partial charge in [0.15, 0.2) is 0 Å². The van der Waals surface area contributed by atoms with E-state index in [4.69, 9.17) is 0 Å². The summed E-state index contributed by atoms with van der Waals surface area (Å²) in [5.41, 5.74) is 4.77. The third kappa shape index (κ3) is 1.89. The molecule has 2 heterocycles. The second kappa shape index (κ2) is 4.47. The van der Waals surface area contributed by atoms with E-state index < -0.39 is 0 Å². The summed E-state index contributed by atoms with van der Waals surface area (Å²) in [6.07, 6.45) is 3.95. The van der Waals surface area contributed by atoms with Crippen LogP contribution in [0, 0.1) is 6.92 Å². The number of hydrogen-bond acceptors (Lipinski definition) is 0. The third-order valence-electron chi connectivity index (χ3n) is 3.90. The van der Waals surface area contributed by atoms with E-state index in [-0.39, 0.29) is 5.41 Å². The minimum Gasteiger partial charge on any atom is -0.364 e. The van der Waals surface area contributed by atoms with Crippen molar-refractivity contribution >= 4 is 0 Å². The summed E-state index contributed by atoms with van der Waals surface area (Å²) in [4.78, 5) is 6.72. The molecule has 1 aromatic carbocycles. The number of rotatable bonds is 3. The highest BCUT2D eigenvalue weighted by atomic mass is 14.8. The van der Waals surface area contributed by atoms with Gasteiger partial charge in [0, 0.05) is 23.8 Å². The fourth-order valence-electron chi connectivity index (χ4n) is 2.63. The molecule has 0 fully saturated rings. The van der Waals surface area contributed by atoms with Crippen LogP contribution in [0.15, 0.2) is 60.9 Å². The molecular formula is C17H18N2. The highest BCUT2D eigenvalue weighted by Crippen LogP contribution is 2.36. The Balaban J connectivity index is 2.20. The van der Waals surface area contributed by atoms with E-state index in [2.05, 4.69) is 60.2 Å². The Bertz CT molecular complexity index is 597. The predicted octanol–water partition coefficient (Wildman–Crippen LogP) is 4.01. The minimum atomic E-state index is -0.180. The highest BCUT2D eigenvalue weighted by molar-refractivity contribution is 5.45. The van der Waals surface area contributed by atoms with Crippen molar-refractivity contribution in [2.24, 2.45) is 0 Å². The van der Waals surface area contributed by atoms with Crippen LogP contribution in [0.5, 0.6) is 0 Å². The zero-order chi connectivity index (χ0) is 13.3. The van der Waals surface area contributed by atoms with Crippen LogP contribution >= 0.6 is 0 Å². The number of H-pyrrole nitrogens is 2. The van der Waals surface area contributed by atoms with Gasteiger partial charge in [-0.2, -0.15) is 0 Å². The summed E-state index contributed by atoms with van der Waals surface area (Å²) < 4.78 is 0. The van der Waals surface area contributed by atoms with Crippen molar-refractivity contribution in [3.63, 3.8) is 0 Å². The molecule has 3 aromatic rings. The van der Waals surface area contributed by atoms with E-state index in [0.29, 0.717) is 0 Å². The molecule has 0 amide bonds. The van der Waals surface area contributed by atoms with Crippen LogP contribution in [0.1, 0.15) is 29.4 Å². The zero-order valence-corrected chi connectivity index (χ0v) is 11.3. The molecule has 96 valence electrons. The van der Waals surface area contributed by atoms with Crippen molar-refractivity contribution in [3.05, 3.63) is 83.4 Å². The summed E-state index contributed by atoms with van der Waals surface area (Å²) in [7, 11) is 0. The number of hydrogen-bond donors (Lipinski definition) is 2. The largest absolute Gasteiger partial charge is 0.364 e. The Labute approximate surface area is 113 Å². The molecule has 0 saturated heterocycles. The van der Waals surface area contributed by atoms with Gasteiger partial charge in [-0.15, -0.1) is 0 Å². The van der Waals surface area contributed by atoms with Gasteiger partial charge in [-0.1, -0.05) is 29.8 Å². The van der Waals surface area contributed by atoms with Gasteiger partial charge >= 0.3 is 0 Å². The Morgan fingerprint density at radius 2 is 1.32 bits per heavy atom. The highest BCUT2D eigenvalue weighted by Gasteiger charge is 2.32. The Morgan fingerprint density at radius 1 is 0.789 bits per heavy atom. The molecular weight excluding hydrogens is 232 g/mol. The van der Waals surface area contributed by atoms with E-state index in [9.17, 15) is 0 Å². The molecule has 3 rings (SSSR count). The van der Waals surface area contributed by atoms with Gasteiger partial charge < -0.3 is 9.97 Å². The average Bonchev–Trinajstić information content (AvgIpc) is 3.12. The molecule has 0 unspecified atom stereocenters. The maximum Gasteiger partial charge on any atom is 0.0723 e. The third-order valence-corrected chi connectivity index (χ3v) is 3.90. The van der Waals surface area contributed by atoms with Gasteiger partial charge in [-0.25, -0.2) is 0 Å². The summed E-state index contributed by atoms with van der Waals surface area (Å²) in [6.45, 7) is 4.36.